The Morgan fingerprint density at radius 2 is 1.50 bits per heavy atom. The zero-order chi connectivity index (χ0) is 24.3. The fourth-order valence-electron chi connectivity index (χ4n) is 3.87. The van der Waals surface area contributed by atoms with Crippen molar-refractivity contribution in [3.05, 3.63) is 106 Å². The molecular weight excluding hydrogens is 488 g/mol. The molecule has 1 N–H and O–H groups in total. The van der Waals surface area contributed by atoms with Crippen LogP contribution in [0.5, 0.6) is 0 Å². The number of hydrogen-bond donors (Lipinski definition) is 1. The van der Waals surface area contributed by atoms with Crippen molar-refractivity contribution in [1.29, 1.82) is 0 Å². The maximum Gasteiger partial charge on any atom is 0.243 e. The van der Waals surface area contributed by atoms with Crippen LogP contribution in [0.3, 0.4) is 0 Å². The molecule has 0 bridgehead atoms. The van der Waals surface area contributed by atoms with Crippen molar-refractivity contribution in [2.24, 2.45) is 0 Å². The van der Waals surface area contributed by atoms with E-state index in [1.807, 2.05) is 98.8 Å². The first-order valence-electron chi connectivity index (χ1n) is 11.9. The molecule has 178 valence electrons. The summed E-state index contributed by atoms with van der Waals surface area (Å²) in [5.74, 6) is -0.134. The molecule has 0 radical (unpaired) electrons. The number of carbonyl (C=O) groups excluding carboxylic acids is 2. The molecule has 3 aromatic rings. The molecule has 0 fully saturated rings. The Labute approximate surface area is 211 Å². The van der Waals surface area contributed by atoms with Gasteiger partial charge in [-0.25, -0.2) is 0 Å². The molecule has 0 saturated carbocycles. The average Bonchev–Trinajstić information content (AvgIpc) is 2.85. The molecule has 0 saturated heterocycles. The van der Waals surface area contributed by atoms with Crippen LogP contribution in [0, 0.1) is 0 Å². The Morgan fingerprint density at radius 3 is 2.12 bits per heavy atom. The van der Waals surface area contributed by atoms with E-state index in [2.05, 4.69) is 21.2 Å². The van der Waals surface area contributed by atoms with Crippen LogP contribution in [0.2, 0.25) is 0 Å². The summed E-state index contributed by atoms with van der Waals surface area (Å²) in [6.45, 7) is 4.41. The van der Waals surface area contributed by atoms with E-state index >= 15 is 0 Å². The maximum absolute atomic E-state index is 13.6. The lowest BCUT2D eigenvalue weighted by molar-refractivity contribution is -0.141. The molecule has 2 amide bonds. The van der Waals surface area contributed by atoms with Gasteiger partial charge in [0.2, 0.25) is 11.8 Å². The lowest BCUT2D eigenvalue weighted by Crippen LogP contribution is -2.52. The van der Waals surface area contributed by atoms with Crippen LogP contribution in [0.25, 0.3) is 0 Å². The normalized spacial score (nSPS) is 12.6. The predicted octanol–water partition coefficient (Wildman–Crippen LogP) is 5.94. The smallest absolute Gasteiger partial charge is 0.243 e. The number of halogens is 1. The van der Waals surface area contributed by atoms with Crippen molar-refractivity contribution in [3.63, 3.8) is 0 Å². The van der Waals surface area contributed by atoms with E-state index in [-0.39, 0.29) is 17.9 Å². The van der Waals surface area contributed by atoms with Gasteiger partial charge in [0, 0.05) is 29.9 Å². The van der Waals surface area contributed by atoms with Gasteiger partial charge in [0.15, 0.2) is 0 Å². The number of benzene rings is 3. The third kappa shape index (κ3) is 7.84. The molecule has 34 heavy (non-hydrogen) atoms. The number of rotatable bonds is 11. The summed E-state index contributed by atoms with van der Waals surface area (Å²) in [4.78, 5) is 28.9. The van der Waals surface area contributed by atoms with Gasteiger partial charge in [-0.3, -0.25) is 9.59 Å². The summed E-state index contributed by atoms with van der Waals surface area (Å²) in [6, 6.07) is 27.3. The molecular formula is C29H33BrN2O2. The summed E-state index contributed by atoms with van der Waals surface area (Å²) in [5.41, 5.74) is 3.13. The summed E-state index contributed by atoms with van der Waals surface area (Å²) < 4.78 is 0.949. The Morgan fingerprint density at radius 1 is 0.882 bits per heavy atom. The van der Waals surface area contributed by atoms with Crippen LogP contribution < -0.4 is 5.32 Å². The fraction of sp³-hybridized carbons (Fsp3) is 0.310. The van der Waals surface area contributed by atoms with Crippen LogP contribution in [0.4, 0.5) is 0 Å². The standard InChI is InChI=1S/C29H33BrN2O2/c1-3-22(2)31-29(34)27(20-24-13-8-5-9-14-24)32(21-25-15-10-16-26(30)19-25)28(33)18-17-23-11-6-4-7-12-23/h4-16,19,22,27H,3,17-18,20-21H2,1-2H3,(H,31,34). The average molecular weight is 521 g/mol. The highest BCUT2D eigenvalue weighted by atomic mass is 79.9. The third-order valence-corrected chi connectivity index (χ3v) is 6.48. The van der Waals surface area contributed by atoms with Crippen LogP contribution in [-0.4, -0.2) is 28.8 Å². The number of nitrogens with one attached hydrogen (secondary N) is 1. The van der Waals surface area contributed by atoms with Gasteiger partial charge in [0.05, 0.1) is 0 Å². The highest BCUT2D eigenvalue weighted by Gasteiger charge is 2.30. The summed E-state index contributed by atoms with van der Waals surface area (Å²) in [6.07, 6.45) is 2.28. The quantitative estimate of drug-likeness (QED) is 0.340. The van der Waals surface area contributed by atoms with E-state index in [0.29, 0.717) is 25.8 Å². The molecule has 0 aliphatic heterocycles. The first kappa shape index (κ1) is 25.7. The van der Waals surface area contributed by atoms with Crippen LogP contribution in [-0.2, 0) is 29.0 Å². The van der Waals surface area contributed by atoms with Crippen LogP contribution >= 0.6 is 15.9 Å². The Balaban J connectivity index is 1.91. The summed E-state index contributed by atoms with van der Waals surface area (Å²) in [5, 5.41) is 3.11. The Hall–Kier alpha value is -2.92. The molecule has 0 aromatic heterocycles. The number of carbonyl (C=O) groups is 2. The van der Waals surface area contributed by atoms with Crippen molar-refractivity contribution in [3.8, 4) is 0 Å². The molecule has 0 spiro atoms. The zero-order valence-electron chi connectivity index (χ0n) is 19.9. The minimum Gasteiger partial charge on any atom is -0.352 e. The van der Waals surface area contributed by atoms with Gasteiger partial charge in [-0.2, -0.15) is 0 Å². The fourth-order valence-corrected chi connectivity index (χ4v) is 4.31. The van der Waals surface area contributed by atoms with E-state index in [0.717, 1.165) is 27.6 Å². The zero-order valence-corrected chi connectivity index (χ0v) is 21.5. The summed E-state index contributed by atoms with van der Waals surface area (Å²) >= 11 is 3.53. The van der Waals surface area contributed by atoms with Crippen molar-refractivity contribution < 1.29 is 9.59 Å². The Bertz CT molecular complexity index is 1060. The lowest BCUT2D eigenvalue weighted by atomic mass is 10.0. The molecule has 5 heteroatoms. The van der Waals surface area contributed by atoms with E-state index in [9.17, 15) is 9.59 Å². The van der Waals surface area contributed by atoms with Crippen molar-refractivity contribution >= 4 is 27.7 Å². The second-order valence-corrected chi connectivity index (χ2v) is 9.58. The highest BCUT2D eigenvalue weighted by molar-refractivity contribution is 9.10. The van der Waals surface area contributed by atoms with E-state index < -0.39 is 6.04 Å². The third-order valence-electron chi connectivity index (χ3n) is 5.98. The lowest BCUT2D eigenvalue weighted by Gasteiger charge is -2.32. The molecule has 4 nitrogen and oxygen atoms in total. The van der Waals surface area contributed by atoms with Crippen LogP contribution in [0.1, 0.15) is 43.4 Å². The van der Waals surface area contributed by atoms with Crippen molar-refractivity contribution in [2.75, 3.05) is 0 Å². The monoisotopic (exact) mass is 520 g/mol. The number of aryl methyl sites for hydroxylation is 1. The maximum atomic E-state index is 13.6. The van der Waals surface area contributed by atoms with Gasteiger partial charge in [-0.1, -0.05) is 95.7 Å². The van der Waals surface area contributed by atoms with Crippen LogP contribution in [0.15, 0.2) is 89.4 Å². The number of amides is 2. The minimum atomic E-state index is -0.598. The summed E-state index contributed by atoms with van der Waals surface area (Å²) in [7, 11) is 0. The van der Waals surface area contributed by atoms with E-state index in [1.54, 1.807) is 4.90 Å². The number of hydrogen-bond acceptors (Lipinski definition) is 2. The van der Waals surface area contributed by atoms with Gasteiger partial charge >= 0.3 is 0 Å². The molecule has 0 aliphatic rings. The Kier molecular flexibility index (Phi) is 9.89. The van der Waals surface area contributed by atoms with E-state index in [4.69, 9.17) is 0 Å². The van der Waals surface area contributed by atoms with Gasteiger partial charge < -0.3 is 10.2 Å². The first-order valence-corrected chi connectivity index (χ1v) is 12.7. The number of nitrogens with zero attached hydrogens (tertiary/aromatic N) is 1. The topological polar surface area (TPSA) is 49.4 Å². The predicted molar refractivity (Wildman–Crippen MR) is 141 cm³/mol. The van der Waals surface area contributed by atoms with Crippen molar-refractivity contribution in [2.45, 2.75) is 58.2 Å². The highest BCUT2D eigenvalue weighted by Crippen LogP contribution is 2.19. The first-order chi connectivity index (χ1) is 16.5. The molecule has 3 aromatic carbocycles. The van der Waals surface area contributed by atoms with E-state index in [1.165, 1.54) is 0 Å². The SMILES string of the molecule is CCC(C)NC(=O)C(Cc1ccccc1)N(Cc1cccc(Br)c1)C(=O)CCc1ccccc1. The van der Waals surface area contributed by atoms with Crippen molar-refractivity contribution in [1.82, 2.24) is 10.2 Å². The second-order valence-electron chi connectivity index (χ2n) is 8.66. The minimum absolute atomic E-state index is 0.0240. The molecule has 0 aliphatic carbocycles. The van der Waals surface area contributed by atoms with Gasteiger partial charge in [-0.05, 0) is 48.6 Å². The molecule has 3 rings (SSSR count). The second kappa shape index (κ2) is 13.1. The molecule has 0 heterocycles. The largest absolute Gasteiger partial charge is 0.352 e. The van der Waals surface area contributed by atoms with Gasteiger partial charge in [-0.15, -0.1) is 0 Å². The van der Waals surface area contributed by atoms with Gasteiger partial charge in [0.1, 0.15) is 6.04 Å². The molecule has 2 atom stereocenters. The molecule has 2 unspecified atom stereocenters. The van der Waals surface area contributed by atoms with Gasteiger partial charge in [0.25, 0.3) is 0 Å².